The summed E-state index contributed by atoms with van der Waals surface area (Å²) in [5.41, 5.74) is -7.56. The van der Waals surface area contributed by atoms with Gasteiger partial charge < -0.3 is 0 Å². The zero-order valence-electron chi connectivity index (χ0n) is 13.5. The van der Waals surface area contributed by atoms with E-state index in [0.29, 0.717) is 0 Å². The Labute approximate surface area is 157 Å². The monoisotopic (exact) mass is 454 g/mol. The van der Waals surface area contributed by atoms with E-state index < -0.39 is 35.7 Å². The summed E-state index contributed by atoms with van der Waals surface area (Å²) in [5.74, 6) is 0. The van der Waals surface area contributed by atoms with Gasteiger partial charge in [-0.15, -0.1) is 0 Å². The van der Waals surface area contributed by atoms with Crippen LogP contribution in [0.4, 0.5) is 30.7 Å². The van der Waals surface area contributed by atoms with Crippen LogP contribution in [0.2, 0.25) is 0 Å². The highest BCUT2D eigenvalue weighted by Crippen LogP contribution is 2.54. The van der Waals surface area contributed by atoms with Crippen LogP contribution in [-0.2, 0) is 12.1 Å². The lowest BCUT2D eigenvalue weighted by atomic mass is 9.89. The number of halogens is 8. The highest BCUT2D eigenvalue weighted by Gasteiger charge is 2.75. The maximum atomic E-state index is 14.6. The molecule has 27 heavy (non-hydrogen) atoms. The summed E-state index contributed by atoms with van der Waals surface area (Å²) < 4.78 is 93.4. The second-order valence-electron chi connectivity index (χ2n) is 5.73. The summed E-state index contributed by atoms with van der Waals surface area (Å²) in [6.07, 6.45) is -13.0. The van der Waals surface area contributed by atoms with E-state index in [1.54, 1.807) is 0 Å². The van der Waals surface area contributed by atoms with Crippen LogP contribution < -0.4 is 0 Å². The molecule has 0 bridgehead atoms. The molecule has 1 heterocycles. The Morgan fingerprint density at radius 1 is 1.04 bits per heavy atom. The predicted octanol–water partition coefficient (Wildman–Crippen LogP) is 5.90. The van der Waals surface area contributed by atoms with Crippen LogP contribution in [0, 0.1) is 18.3 Å². The average Bonchev–Trinajstić information content (AvgIpc) is 2.54. The van der Waals surface area contributed by atoms with Crippen LogP contribution in [0.15, 0.2) is 34.9 Å². The van der Waals surface area contributed by atoms with E-state index in [1.807, 2.05) is 6.07 Å². The lowest BCUT2D eigenvalue weighted by Gasteiger charge is -2.31. The summed E-state index contributed by atoms with van der Waals surface area (Å²) in [6, 6.07) is 8.56. The summed E-state index contributed by atoms with van der Waals surface area (Å²) in [5, 5.41) is 8.89. The molecule has 0 unspecified atom stereocenters. The van der Waals surface area contributed by atoms with Gasteiger partial charge in [-0.25, -0.2) is 9.37 Å². The van der Waals surface area contributed by atoms with Crippen molar-refractivity contribution in [2.45, 2.75) is 31.4 Å². The van der Waals surface area contributed by atoms with Crippen molar-refractivity contribution >= 4 is 15.9 Å². The summed E-state index contributed by atoms with van der Waals surface area (Å²) >= 11 is 2.73. The van der Waals surface area contributed by atoms with Crippen LogP contribution in [0.1, 0.15) is 27.9 Å². The normalized spacial score (nSPS) is 12.7. The zero-order valence-corrected chi connectivity index (χ0v) is 15.1. The Kier molecular flexibility index (Phi) is 5.57. The maximum Gasteiger partial charge on any atom is 0.437 e. The van der Waals surface area contributed by atoms with Gasteiger partial charge in [0.05, 0.1) is 11.6 Å². The highest BCUT2D eigenvalue weighted by molar-refractivity contribution is 9.10. The number of hydrogen-bond acceptors (Lipinski definition) is 2. The van der Waals surface area contributed by atoms with Gasteiger partial charge >= 0.3 is 18.0 Å². The third-order valence-corrected chi connectivity index (χ3v) is 4.27. The maximum absolute atomic E-state index is 14.6. The molecule has 0 aliphatic carbocycles. The predicted molar refractivity (Wildman–Crippen MR) is 85.5 cm³/mol. The van der Waals surface area contributed by atoms with Gasteiger partial charge in [0, 0.05) is 0 Å². The second kappa shape index (κ2) is 7.11. The molecule has 0 radical (unpaired) electrons. The molecule has 10 heteroatoms. The quantitative estimate of drug-likeness (QED) is 0.427. The fraction of sp³-hybridized carbons (Fsp3) is 0.294. The molecule has 0 saturated heterocycles. The van der Waals surface area contributed by atoms with Crippen molar-refractivity contribution in [3.8, 4) is 6.07 Å². The molecule has 2 rings (SSSR count). The minimum atomic E-state index is -6.27. The first-order chi connectivity index (χ1) is 12.3. The van der Waals surface area contributed by atoms with E-state index in [1.165, 1.54) is 37.3 Å². The lowest BCUT2D eigenvalue weighted by Crippen LogP contribution is -2.51. The standard InChI is InChI=1S/C17H10BrF7N2/c1-9-5-13(18)27-14(15(19,16(20,21)22)17(23,24)25)12(9)7-10-3-2-4-11(6-10)8-26/h2-6H,7H2,1H3. The molecule has 1 aromatic carbocycles. The number of aromatic nitrogens is 1. The molecule has 0 aliphatic heterocycles. The average molecular weight is 455 g/mol. The van der Waals surface area contributed by atoms with E-state index in [2.05, 4.69) is 20.9 Å². The number of benzene rings is 1. The summed E-state index contributed by atoms with van der Waals surface area (Å²) in [4.78, 5) is 3.21. The molecular formula is C17H10BrF7N2. The zero-order chi connectivity index (χ0) is 20.6. The van der Waals surface area contributed by atoms with Gasteiger partial charge in [0.1, 0.15) is 10.3 Å². The highest BCUT2D eigenvalue weighted by atomic mass is 79.9. The van der Waals surface area contributed by atoms with Gasteiger partial charge in [-0.3, -0.25) is 0 Å². The van der Waals surface area contributed by atoms with Crippen LogP contribution in [0.25, 0.3) is 0 Å². The lowest BCUT2D eigenvalue weighted by molar-refractivity contribution is -0.350. The van der Waals surface area contributed by atoms with E-state index in [-0.39, 0.29) is 21.3 Å². The Balaban J connectivity index is 2.75. The van der Waals surface area contributed by atoms with Gasteiger partial charge in [0.15, 0.2) is 0 Å². The molecule has 144 valence electrons. The van der Waals surface area contributed by atoms with Crippen LogP contribution in [-0.4, -0.2) is 17.3 Å². The summed E-state index contributed by atoms with van der Waals surface area (Å²) in [6.45, 7) is 1.26. The van der Waals surface area contributed by atoms with Crippen molar-refractivity contribution in [2.24, 2.45) is 0 Å². The molecule has 0 fully saturated rings. The fourth-order valence-corrected chi connectivity index (χ4v) is 3.07. The van der Waals surface area contributed by atoms with E-state index >= 15 is 0 Å². The third-order valence-electron chi connectivity index (χ3n) is 3.86. The molecule has 1 aromatic heterocycles. The first-order valence-electron chi connectivity index (χ1n) is 7.29. The number of rotatable bonds is 3. The molecule has 0 saturated carbocycles. The molecule has 0 atom stereocenters. The molecule has 0 aliphatic rings. The molecule has 0 spiro atoms. The van der Waals surface area contributed by atoms with Gasteiger partial charge in [0.2, 0.25) is 0 Å². The Bertz CT molecular complexity index is 884. The van der Waals surface area contributed by atoms with Crippen molar-refractivity contribution in [1.82, 2.24) is 4.98 Å². The van der Waals surface area contributed by atoms with E-state index in [0.717, 1.165) is 0 Å². The Hall–Kier alpha value is -2.15. The van der Waals surface area contributed by atoms with Crippen molar-refractivity contribution in [2.75, 3.05) is 0 Å². The van der Waals surface area contributed by atoms with Gasteiger partial charge in [-0.2, -0.15) is 31.6 Å². The number of aryl methyl sites for hydroxylation is 1. The molecular weight excluding hydrogens is 445 g/mol. The van der Waals surface area contributed by atoms with Crippen molar-refractivity contribution in [3.05, 3.63) is 62.9 Å². The molecule has 0 N–H and O–H groups in total. The summed E-state index contributed by atoms with van der Waals surface area (Å²) in [7, 11) is 0. The van der Waals surface area contributed by atoms with Crippen molar-refractivity contribution in [1.29, 1.82) is 5.26 Å². The van der Waals surface area contributed by atoms with Crippen LogP contribution in [0.3, 0.4) is 0 Å². The first-order valence-corrected chi connectivity index (χ1v) is 8.08. The van der Waals surface area contributed by atoms with E-state index in [9.17, 15) is 30.7 Å². The number of nitriles is 1. The second-order valence-corrected chi connectivity index (χ2v) is 6.54. The fourth-order valence-electron chi connectivity index (χ4n) is 2.55. The number of nitrogens with zero attached hydrogens (tertiary/aromatic N) is 2. The van der Waals surface area contributed by atoms with Crippen molar-refractivity contribution < 1.29 is 30.7 Å². The van der Waals surface area contributed by atoms with Gasteiger partial charge in [0.25, 0.3) is 0 Å². The minimum Gasteiger partial charge on any atom is -0.241 e. The van der Waals surface area contributed by atoms with E-state index in [4.69, 9.17) is 5.26 Å². The number of pyridine rings is 1. The SMILES string of the molecule is Cc1cc(Br)nc(C(F)(C(F)(F)F)C(F)(F)F)c1Cc1cccc(C#N)c1. The minimum absolute atomic E-state index is 0.00948. The van der Waals surface area contributed by atoms with Gasteiger partial charge in [-0.1, -0.05) is 12.1 Å². The first kappa shape index (κ1) is 21.2. The Morgan fingerprint density at radius 2 is 1.63 bits per heavy atom. The number of alkyl halides is 7. The molecule has 0 amide bonds. The topological polar surface area (TPSA) is 36.7 Å². The van der Waals surface area contributed by atoms with Crippen LogP contribution >= 0.6 is 15.9 Å². The Morgan fingerprint density at radius 3 is 2.15 bits per heavy atom. The third kappa shape index (κ3) is 3.93. The van der Waals surface area contributed by atoms with Gasteiger partial charge in [-0.05, 0) is 64.2 Å². The molecule has 2 aromatic rings. The molecule has 2 nitrogen and oxygen atoms in total. The largest absolute Gasteiger partial charge is 0.437 e. The number of hydrogen-bond donors (Lipinski definition) is 0. The smallest absolute Gasteiger partial charge is 0.241 e. The van der Waals surface area contributed by atoms with Crippen LogP contribution in [0.5, 0.6) is 0 Å². The van der Waals surface area contributed by atoms with Crippen molar-refractivity contribution in [3.63, 3.8) is 0 Å².